The Kier molecular flexibility index (Phi) is 5.25. The second-order valence-electron chi connectivity index (χ2n) is 5.81. The van der Waals surface area contributed by atoms with Gasteiger partial charge in [0.1, 0.15) is 5.75 Å². The van der Waals surface area contributed by atoms with Crippen molar-refractivity contribution in [3.8, 4) is 17.2 Å². The van der Waals surface area contributed by atoms with Gasteiger partial charge in [-0.1, -0.05) is 0 Å². The van der Waals surface area contributed by atoms with E-state index >= 15 is 0 Å². The summed E-state index contributed by atoms with van der Waals surface area (Å²) in [5.74, 6) is 0.795. The Morgan fingerprint density at radius 2 is 1.81 bits per heavy atom. The van der Waals surface area contributed by atoms with Crippen LogP contribution in [0.5, 0.6) is 17.2 Å². The number of fused-ring (bicyclic) bond motifs is 1. The third-order valence-corrected chi connectivity index (χ3v) is 4.06. The van der Waals surface area contributed by atoms with E-state index in [1.165, 1.54) is 37.2 Å². The molecule has 0 radical (unpaired) electrons. The van der Waals surface area contributed by atoms with Crippen molar-refractivity contribution >= 4 is 22.5 Å². The van der Waals surface area contributed by atoms with Crippen LogP contribution in [0.4, 0.5) is 5.69 Å². The fraction of sp³-hybridized carbons (Fsp3) is 0.211. The largest absolute Gasteiger partial charge is 0.508 e. The first-order valence-corrected chi connectivity index (χ1v) is 8.22. The Labute approximate surface area is 155 Å². The number of carbonyl (C=O) groups excluding carboxylic acids is 1. The van der Waals surface area contributed by atoms with Crippen LogP contribution in [0.3, 0.4) is 0 Å². The van der Waals surface area contributed by atoms with E-state index < -0.39 is 0 Å². The molecule has 0 atom stereocenters. The van der Waals surface area contributed by atoms with Gasteiger partial charge in [-0.3, -0.25) is 14.2 Å². The second-order valence-corrected chi connectivity index (χ2v) is 5.81. The molecule has 27 heavy (non-hydrogen) atoms. The molecule has 1 amide bonds. The summed E-state index contributed by atoms with van der Waals surface area (Å²) in [5.41, 5.74) is 0.791. The van der Waals surface area contributed by atoms with E-state index in [0.717, 1.165) is 0 Å². The molecular weight excluding hydrogens is 350 g/mol. The van der Waals surface area contributed by atoms with Crippen molar-refractivity contribution in [1.29, 1.82) is 0 Å². The molecule has 0 spiro atoms. The van der Waals surface area contributed by atoms with Gasteiger partial charge in [0.15, 0.2) is 11.5 Å². The summed E-state index contributed by atoms with van der Waals surface area (Å²) >= 11 is 0. The van der Waals surface area contributed by atoms with E-state index in [9.17, 15) is 14.7 Å². The van der Waals surface area contributed by atoms with Gasteiger partial charge in [0.2, 0.25) is 5.91 Å². The molecular formula is C19H19N3O5. The molecule has 0 saturated heterocycles. The van der Waals surface area contributed by atoms with Crippen LogP contribution in [0.2, 0.25) is 0 Å². The molecule has 0 unspecified atom stereocenters. The normalized spacial score (nSPS) is 10.6. The second kappa shape index (κ2) is 7.77. The van der Waals surface area contributed by atoms with E-state index in [1.54, 1.807) is 24.3 Å². The number of anilines is 1. The number of ether oxygens (including phenoxy) is 2. The average Bonchev–Trinajstić information content (AvgIpc) is 2.68. The van der Waals surface area contributed by atoms with E-state index in [2.05, 4.69) is 10.3 Å². The van der Waals surface area contributed by atoms with Crippen molar-refractivity contribution in [3.05, 3.63) is 53.1 Å². The minimum atomic E-state index is -0.265. The highest BCUT2D eigenvalue weighted by Crippen LogP contribution is 2.29. The molecule has 0 bridgehead atoms. The molecule has 0 fully saturated rings. The average molecular weight is 369 g/mol. The summed E-state index contributed by atoms with van der Waals surface area (Å²) in [6.45, 7) is 0.181. The van der Waals surface area contributed by atoms with Gasteiger partial charge in [-0.2, -0.15) is 0 Å². The fourth-order valence-corrected chi connectivity index (χ4v) is 2.63. The number of phenolic OH excluding ortho intramolecular Hbond substituents is 1. The number of hydrogen-bond donors (Lipinski definition) is 2. The molecule has 1 aromatic heterocycles. The van der Waals surface area contributed by atoms with Gasteiger partial charge in [0.25, 0.3) is 5.56 Å². The minimum Gasteiger partial charge on any atom is -0.508 e. The fourth-order valence-electron chi connectivity index (χ4n) is 2.63. The van der Waals surface area contributed by atoms with E-state index in [-0.39, 0.29) is 30.2 Å². The number of nitrogens with zero attached hydrogens (tertiary/aromatic N) is 2. The zero-order chi connectivity index (χ0) is 19.4. The Morgan fingerprint density at radius 3 is 2.48 bits per heavy atom. The Bertz CT molecular complexity index is 1030. The lowest BCUT2D eigenvalue weighted by molar-refractivity contribution is -0.116. The van der Waals surface area contributed by atoms with Gasteiger partial charge < -0.3 is 19.9 Å². The van der Waals surface area contributed by atoms with E-state index in [1.807, 2.05) is 0 Å². The number of hydrogen-bond acceptors (Lipinski definition) is 6. The number of carbonyl (C=O) groups is 1. The third kappa shape index (κ3) is 4.00. The zero-order valence-electron chi connectivity index (χ0n) is 14.9. The molecule has 3 aromatic rings. The van der Waals surface area contributed by atoms with Crippen molar-refractivity contribution in [2.24, 2.45) is 0 Å². The first kappa shape index (κ1) is 18.2. The summed E-state index contributed by atoms with van der Waals surface area (Å²) < 4.78 is 11.8. The van der Waals surface area contributed by atoms with Crippen LogP contribution in [0, 0.1) is 0 Å². The molecule has 140 valence electrons. The quantitative estimate of drug-likeness (QED) is 0.646. The van der Waals surface area contributed by atoms with E-state index in [0.29, 0.717) is 28.1 Å². The maximum Gasteiger partial charge on any atom is 0.261 e. The minimum absolute atomic E-state index is 0.0985. The molecule has 0 aliphatic rings. The summed E-state index contributed by atoms with van der Waals surface area (Å²) in [6, 6.07) is 9.37. The van der Waals surface area contributed by atoms with Crippen LogP contribution in [0.15, 0.2) is 47.5 Å². The number of methoxy groups -OCH3 is 2. The van der Waals surface area contributed by atoms with Crippen LogP contribution >= 0.6 is 0 Å². The van der Waals surface area contributed by atoms with Crippen LogP contribution in [0.25, 0.3) is 10.9 Å². The maximum atomic E-state index is 12.7. The predicted molar refractivity (Wildman–Crippen MR) is 100 cm³/mol. The van der Waals surface area contributed by atoms with Crippen molar-refractivity contribution in [3.63, 3.8) is 0 Å². The van der Waals surface area contributed by atoms with Crippen molar-refractivity contribution in [2.45, 2.75) is 13.0 Å². The van der Waals surface area contributed by atoms with Crippen LogP contribution < -0.4 is 20.3 Å². The smallest absolute Gasteiger partial charge is 0.261 e. The van der Waals surface area contributed by atoms with Crippen molar-refractivity contribution in [1.82, 2.24) is 9.55 Å². The zero-order valence-corrected chi connectivity index (χ0v) is 14.9. The molecule has 0 saturated carbocycles. The lowest BCUT2D eigenvalue weighted by Gasteiger charge is -2.11. The topological polar surface area (TPSA) is 103 Å². The van der Waals surface area contributed by atoms with Crippen LogP contribution in [-0.2, 0) is 11.3 Å². The molecule has 8 nitrogen and oxygen atoms in total. The van der Waals surface area contributed by atoms with Crippen molar-refractivity contribution < 1.29 is 19.4 Å². The first-order valence-electron chi connectivity index (χ1n) is 8.22. The van der Waals surface area contributed by atoms with Gasteiger partial charge in [-0.25, -0.2) is 4.98 Å². The molecule has 3 rings (SSSR count). The molecule has 2 N–H and O–H groups in total. The third-order valence-electron chi connectivity index (χ3n) is 4.06. The summed E-state index contributed by atoms with van der Waals surface area (Å²) in [4.78, 5) is 29.0. The Balaban J connectivity index is 1.76. The Hall–Kier alpha value is -3.55. The van der Waals surface area contributed by atoms with Gasteiger partial charge in [-0.15, -0.1) is 0 Å². The monoisotopic (exact) mass is 369 g/mol. The van der Waals surface area contributed by atoms with E-state index in [4.69, 9.17) is 9.47 Å². The van der Waals surface area contributed by atoms with Gasteiger partial charge in [0.05, 0.1) is 31.4 Å². The van der Waals surface area contributed by atoms with Crippen LogP contribution in [0.1, 0.15) is 6.42 Å². The lowest BCUT2D eigenvalue weighted by Crippen LogP contribution is -2.23. The molecule has 2 aromatic carbocycles. The van der Waals surface area contributed by atoms with Crippen molar-refractivity contribution in [2.75, 3.05) is 19.5 Å². The highest BCUT2D eigenvalue weighted by molar-refractivity contribution is 5.90. The molecule has 0 aliphatic carbocycles. The standard InChI is InChI=1S/C19H19N3O5/c1-26-16-9-14-15(10-17(16)27-2)20-11-22(19(14)25)8-7-18(24)21-12-3-5-13(23)6-4-12/h3-6,9-11,23H,7-8H2,1-2H3,(H,21,24). The molecule has 8 heteroatoms. The summed E-state index contributed by atoms with van der Waals surface area (Å²) in [5, 5.41) is 12.3. The number of benzene rings is 2. The summed E-state index contributed by atoms with van der Waals surface area (Å²) in [7, 11) is 3.00. The molecule has 0 aliphatic heterocycles. The lowest BCUT2D eigenvalue weighted by atomic mass is 10.2. The number of aryl methyl sites for hydroxylation is 1. The van der Waals surface area contributed by atoms with Gasteiger partial charge in [0, 0.05) is 24.7 Å². The number of aromatic nitrogens is 2. The SMILES string of the molecule is COc1cc2ncn(CCC(=O)Nc3ccc(O)cc3)c(=O)c2cc1OC. The number of phenols is 1. The van der Waals surface area contributed by atoms with Crippen LogP contribution in [-0.4, -0.2) is 34.8 Å². The summed E-state index contributed by atoms with van der Waals surface area (Å²) in [6.07, 6.45) is 1.51. The number of nitrogens with one attached hydrogen (secondary N) is 1. The van der Waals surface area contributed by atoms with Gasteiger partial charge >= 0.3 is 0 Å². The first-order chi connectivity index (χ1) is 13.0. The maximum absolute atomic E-state index is 12.7. The predicted octanol–water partition coefficient (Wildman–Crippen LogP) is 2.15. The highest BCUT2D eigenvalue weighted by Gasteiger charge is 2.12. The number of aromatic hydroxyl groups is 1. The highest BCUT2D eigenvalue weighted by atomic mass is 16.5. The number of amides is 1. The number of rotatable bonds is 6. The van der Waals surface area contributed by atoms with Gasteiger partial charge in [-0.05, 0) is 30.3 Å². The molecule has 1 heterocycles. The Morgan fingerprint density at radius 1 is 1.15 bits per heavy atom.